The highest BCUT2D eigenvalue weighted by molar-refractivity contribution is 7.20. The number of hydrogen-bond donors (Lipinski definition) is 1. The lowest BCUT2D eigenvalue weighted by molar-refractivity contribution is 0.103. The van der Waals surface area contributed by atoms with Crippen LogP contribution in [-0.4, -0.2) is 15.5 Å². The molecule has 0 bridgehead atoms. The highest BCUT2D eigenvalue weighted by atomic mass is 35.5. The van der Waals surface area contributed by atoms with Crippen molar-refractivity contribution in [2.24, 2.45) is 0 Å². The predicted octanol–water partition coefficient (Wildman–Crippen LogP) is 3.83. The van der Waals surface area contributed by atoms with Gasteiger partial charge in [-0.25, -0.2) is 9.37 Å². The first-order valence-corrected chi connectivity index (χ1v) is 8.36. The Bertz CT molecular complexity index is 1010. The summed E-state index contributed by atoms with van der Waals surface area (Å²) in [5.74, 6) is -0.947. The minimum absolute atomic E-state index is 0.0756. The standard InChI is InChI=1S/C16H13ClFN3O2S/c1-3-21-7-19-15-12(16(21)23)8(2)13(24-15)14(22)20-9-4-5-11(18)10(17)6-9/h4-7H,3H2,1-2H3,(H,20,22). The van der Waals surface area contributed by atoms with Crippen LogP contribution in [0, 0.1) is 12.7 Å². The third-order valence-electron chi connectivity index (χ3n) is 3.64. The van der Waals surface area contributed by atoms with Crippen molar-refractivity contribution < 1.29 is 9.18 Å². The molecule has 2 aromatic heterocycles. The molecule has 0 spiro atoms. The van der Waals surface area contributed by atoms with Crippen LogP contribution < -0.4 is 10.9 Å². The van der Waals surface area contributed by atoms with Crippen molar-refractivity contribution >= 4 is 44.7 Å². The van der Waals surface area contributed by atoms with E-state index in [-0.39, 0.29) is 16.5 Å². The maximum absolute atomic E-state index is 13.2. The number of carbonyl (C=O) groups is 1. The summed E-state index contributed by atoms with van der Waals surface area (Å²) >= 11 is 6.86. The highest BCUT2D eigenvalue weighted by Crippen LogP contribution is 2.28. The Kier molecular flexibility index (Phi) is 4.38. The van der Waals surface area contributed by atoms with Gasteiger partial charge in [0.1, 0.15) is 10.6 Å². The number of halogens is 2. The lowest BCUT2D eigenvalue weighted by Crippen LogP contribution is -2.19. The van der Waals surface area contributed by atoms with Gasteiger partial charge < -0.3 is 5.32 Å². The lowest BCUT2D eigenvalue weighted by Gasteiger charge is -2.05. The number of rotatable bonds is 3. The topological polar surface area (TPSA) is 64.0 Å². The molecule has 124 valence electrons. The van der Waals surface area contributed by atoms with Gasteiger partial charge in [0, 0.05) is 12.2 Å². The average molecular weight is 366 g/mol. The van der Waals surface area contributed by atoms with E-state index in [2.05, 4.69) is 10.3 Å². The van der Waals surface area contributed by atoms with E-state index in [1.54, 1.807) is 6.92 Å². The number of aromatic nitrogens is 2. The van der Waals surface area contributed by atoms with Gasteiger partial charge in [-0.15, -0.1) is 11.3 Å². The van der Waals surface area contributed by atoms with Crippen molar-refractivity contribution in [3.8, 4) is 0 Å². The lowest BCUT2D eigenvalue weighted by atomic mass is 10.2. The fourth-order valence-corrected chi connectivity index (χ4v) is 3.58. The minimum Gasteiger partial charge on any atom is -0.321 e. The van der Waals surface area contributed by atoms with Crippen molar-refractivity contribution in [1.29, 1.82) is 0 Å². The summed E-state index contributed by atoms with van der Waals surface area (Å²) in [7, 11) is 0. The number of nitrogens with zero attached hydrogens (tertiary/aromatic N) is 2. The molecule has 8 heteroatoms. The number of thiophene rings is 1. The normalized spacial score (nSPS) is 11.0. The molecular weight excluding hydrogens is 353 g/mol. The molecule has 0 atom stereocenters. The maximum atomic E-state index is 13.2. The average Bonchev–Trinajstić information content (AvgIpc) is 2.89. The van der Waals surface area contributed by atoms with Gasteiger partial charge in [-0.3, -0.25) is 14.2 Å². The van der Waals surface area contributed by atoms with Gasteiger partial charge in [0.15, 0.2) is 0 Å². The molecule has 0 radical (unpaired) electrons. The Balaban J connectivity index is 2.01. The number of amides is 1. The van der Waals surface area contributed by atoms with Gasteiger partial charge in [-0.1, -0.05) is 11.6 Å². The fraction of sp³-hybridized carbons (Fsp3) is 0.188. The molecular formula is C16H13ClFN3O2S. The van der Waals surface area contributed by atoms with Gasteiger partial charge in [-0.05, 0) is 37.6 Å². The second kappa shape index (κ2) is 6.33. The fourth-order valence-electron chi connectivity index (χ4n) is 2.36. The molecule has 0 saturated carbocycles. The third kappa shape index (κ3) is 2.81. The first kappa shape index (κ1) is 16.6. The molecule has 0 unspecified atom stereocenters. The molecule has 1 amide bonds. The van der Waals surface area contributed by atoms with Crippen LogP contribution in [0.25, 0.3) is 10.2 Å². The summed E-state index contributed by atoms with van der Waals surface area (Å²) in [6.07, 6.45) is 1.47. The first-order chi connectivity index (χ1) is 11.4. The van der Waals surface area contributed by atoms with Crippen LogP contribution in [-0.2, 0) is 6.54 Å². The van der Waals surface area contributed by atoms with Crippen LogP contribution in [0.5, 0.6) is 0 Å². The van der Waals surface area contributed by atoms with E-state index in [1.807, 2.05) is 6.92 Å². The van der Waals surface area contributed by atoms with E-state index in [0.717, 1.165) is 11.3 Å². The Morgan fingerprint density at radius 2 is 2.21 bits per heavy atom. The van der Waals surface area contributed by atoms with Crippen molar-refractivity contribution in [3.63, 3.8) is 0 Å². The smallest absolute Gasteiger partial charge is 0.266 e. The third-order valence-corrected chi connectivity index (χ3v) is 5.13. The molecule has 3 aromatic rings. The maximum Gasteiger partial charge on any atom is 0.266 e. The van der Waals surface area contributed by atoms with Crippen LogP contribution in [0.3, 0.4) is 0 Å². The second-order valence-corrected chi connectivity index (χ2v) is 6.56. The van der Waals surface area contributed by atoms with E-state index in [1.165, 1.54) is 29.1 Å². The summed E-state index contributed by atoms with van der Waals surface area (Å²) in [6.45, 7) is 4.07. The van der Waals surface area contributed by atoms with Crippen LogP contribution in [0.1, 0.15) is 22.2 Å². The highest BCUT2D eigenvalue weighted by Gasteiger charge is 2.19. The zero-order chi connectivity index (χ0) is 17.4. The molecule has 24 heavy (non-hydrogen) atoms. The number of carbonyl (C=O) groups excluding carboxylic acids is 1. The van der Waals surface area contributed by atoms with Crippen molar-refractivity contribution in [1.82, 2.24) is 9.55 Å². The van der Waals surface area contributed by atoms with Crippen LogP contribution in [0.2, 0.25) is 5.02 Å². The number of anilines is 1. The van der Waals surface area contributed by atoms with Crippen molar-refractivity contribution in [2.75, 3.05) is 5.32 Å². The zero-order valence-electron chi connectivity index (χ0n) is 12.9. The van der Waals surface area contributed by atoms with E-state index in [0.29, 0.717) is 32.9 Å². The molecule has 2 heterocycles. The van der Waals surface area contributed by atoms with Crippen LogP contribution in [0.15, 0.2) is 29.3 Å². The summed E-state index contributed by atoms with van der Waals surface area (Å²) in [5.41, 5.74) is 0.795. The van der Waals surface area contributed by atoms with E-state index in [9.17, 15) is 14.0 Å². The van der Waals surface area contributed by atoms with E-state index < -0.39 is 5.82 Å². The Hall–Kier alpha value is -2.25. The molecule has 1 N–H and O–H groups in total. The predicted molar refractivity (Wildman–Crippen MR) is 93.7 cm³/mol. The summed E-state index contributed by atoms with van der Waals surface area (Å²) in [5, 5.41) is 3.03. The van der Waals surface area contributed by atoms with Gasteiger partial charge in [0.25, 0.3) is 11.5 Å². The van der Waals surface area contributed by atoms with Crippen LogP contribution in [0.4, 0.5) is 10.1 Å². The number of nitrogens with one attached hydrogen (secondary N) is 1. The monoisotopic (exact) mass is 365 g/mol. The Morgan fingerprint density at radius 3 is 2.88 bits per heavy atom. The molecule has 1 aromatic carbocycles. The molecule has 0 aliphatic carbocycles. The van der Waals surface area contributed by atoms with Gasteiger partial charge in [0.05, 0.1) is 21.6 Å². The molecule has 0 aliphatic heterocycles. The van der Waals surface area contributed by atoms with E-state index >= 15 is 0 Å². The zero-order valence-corrected chi connectivity index (χ0v) is 14.5. The second-order valence-electron chi connectivity index (χ2n) is 5.16. The number of hydrogen-bond acceptors (Lipinski definition) is 4. The Morgan fingerprint density at radius 1 is 1.46 bits per heavy atom. The van der Waals surface area contributed by atoms with Crippen LogP contribution >= 0.6 is 22.9 Å². The minimum atomic E-state index is -0.558. The summed E-state index contributed by atoms with van der Waals surface area (Å²) < 4.78 is 14.7. The Labute approximate surface area is 145 Å². The SMILES string of the molecule is CCn1cnc2sc(C(=O)Nc3ccc(F)c(Cl)c3)c(C)c2c1=O. The molecule has 5 nitrogen and oxygen atoms in total. The summed E-state index contributed by atoms with van der Waals surface area (Å²) in [4.78, 5) is 30.0. The summed E-state index contributed by atoms with van der Waals surface area (Å²) in [6, 6.07) is 3.93. The molecule has 0 saturated heterocycles. The first-order valence-electron chi connectivity index (χ1n) is 7.17. The van der Waals surface area contributed by atoms with Gasteiger partial charge >= 0.3 is 0 Å². The largest absolute Gasteiger partial charge is 0.321 e. The van der Waals surface area contributed by atoms with E-state index in [4.69, 9.17) is 11.6 Å². The molecule has 0 fully saturated rings. The number of aryl methyl sites for hydroxylation is 2. The number of fused-ring (bicyclic) bond motifs is 1. The number of benzene rings is 1. The molecule has 0 aliphatic rings. The van der Waals surface area contributed by atoms with Gasteiger partial charge in [0.2, 0.25) is 0 Å². The van der Waals surface area contributed by atoms with Crippen molar-refractivity contribution in [3.05, 3.63) is 56.2 Å². The quantitative estimate of drug-likeness (QED) is 0.767. The van der Waals surface area contributed by atoms with Gasteiger partial charge in [-0.2, -0.15) is 0 Å². The van der Waals surface area contributed by atoms with Crippen molar-refractivity contribution in [2.45, 2.75) is 20.4 Å². The molecule has 3 rings (SSSR count).